The van der Waals surface area contributed by atoms with E-state index in [-0.39, 0.29) is 0 Å². The molecule has 2 fully saturated rings. The zero-order valence-corrected chi connectivity index (χ0v) is 11.6. The maximum Gasteiger partial charge on any atom is 0.151 e. The Bertz CT molecular complexity index is 594. The average molecular weight is 266 g/mol. The number of piperazine rings is 1. The van der Waals surface area contributed by atoms with Gasteiger partial charge in [-0.15, -0.1) is 10.2 Å². The van der Waals surface area contributed by atoms with Crippen molar-refractivity contribution in [2.24, 2.45) is 0 Å². The minimum atomic E-state index is 0.613. The summed E-state index contributed by atoms with van der Waals surface area (Å²) in [6.07, 6.45) is 1.26. The second kappa shape index (κ2) is 4.56. The summed E-state index contributed by atoms with van der Waals surface area (Å²) < 4.78 is 0. The fourth-order valence-electron chi connectivity index (χ4n) is 3.39. The molecule has 4 rings (SSSR count). The molecule has 3 heterocycles. The Kier molecular flexibility index (Phi) is 2.70. The van der Waals surface area contributed by atoms with E-state index in [1.54, 1.807) is 0 Å². The molecule has 102 valence electrons. The van der Waals surface area contributed by atoms with Crippen molar-refractivity contribution in [1.82, 2.24) is 15.1 Å². The predicted octanol–water partition coefficient (Wildman–Crippen LogP) is 2.04. The lowest BCUT2D eigenvalue weighted by atomic mass is 10.1. The number of nitrogens with zero attached hydrogens (tertiary/aromatic N) is 4. The van der Waals surface area contributed by atoms with Crippen LogP contribution in [0.4, 0.5) is 5.82 Å². The molecule has 4 heteroatoms. The molecule has 0 radical (unpaired) electrons. The van der Waals surface area contributed by atoms with Gasteiger partial charge in [-0.1, -0.05) is 30.3 Å². The van der Waals surface area contributed by atoms with Gasteiger partial charge in [-0.25, -0.2) is 0 Å². The van der Waals surface area contributed by atoms with Gasteiger partial charge < -0.3 is 4.90 Å². The number of anilines is 1. The van der Waals surface area contributed by atoms with E-state index in [9.17, 15) is 0 Å². The van der Waals surface area contributed by atoms with E-state index >= 15 is 0 Å². The van der Waals surface area contributed by atoms with E-state index in [1.807, 2.05) is 18.2 Å². The van der Waals surface area contributed by atoms with E-state index in [4.69, 9.17) is 0 Å². The number of benzene rings is 1. The smallest absolute Gasteiger partial charge is 0.151 e. The Morgan fingerprint density at radius 3 is 2.40 bits per heavy atom. The predicted molar refractivity (Wildman–Crippen MR) is 79.6 cm³/mol. The molecule has 2 atom stereocenters. The lowest BCUT2D eigenvalue weighted by molar-refractivity contribution is 0.292. The molecule has 0 amide bonds. The quantitative estimate of drug-likeness (QED) is 0.832. The van der Waals surface area contributed by atoms with E-state index < -0.39 is 0 Å². The van der Waals surface area contributed by atoms with Gasteiger partial charge in [0.2, 0.25) is 0 Å². The second-order valence-corrected chi connectivity index (χ2v) is 5.78. The van der Waals surface area contributed by atoms with Gasteiger partial charge in [0, 0.05) is 30.7 Å². The van der Waals surface area contributed by atoms with Crippen LogP contribution in [0.2, 0.25) is 0 Å². The molecule has 2 bridgehead atoms. The fraction of sp³-hybridized carbons (Fsp3) is 0.375. The molecular formula is C16H18N4. The van der Waals surface area contributed by atoms with Gasteiger partial charge in [-0.2, -0.15) is 0 Å². The summed E-state index contributed by atoms with van der Waals surface area (Å²) >= 11 is 0. The standard InChI is InChI=1S/C16H18N4/c1-19-10-14-9-13(19)11-20(14)16-8-7-15(17-18-16)12-5-3-2-4-6-12/h2-8,13-14H,9-11H2,1H3/t13-,14-/m0/s1. The normalized spacial score (nSPS) is 25.4. The van der Waals surface area contributed by atoms with Crippen molar-refractivity contribution >= 4 is 5.82 Å². The number of hydrogen-bond acceptors (Lipinski definition) is 4. The molecule has 20 heavy (non-hydrogen) atoms. The molecule has 1 aromatic carbocycles. The largest absolute Gasteiger partial charge is 0.349 e. The molecule has 2 aliphatic heterocycles. The summed E-state index contributed by atoms with van der Waals surface area (Å²) in [6, 6.07) is 15.7. The maximum atomic E-state index is 4.44. The van der Waals surface area contributed by atoms with Crippen LogP contribution in [0.5, 0.6) is 0 Å². The van der Waals surface area contributed by atoms with Crippen molar-refractivity contribution in [3.63, 3.8) is 0 Å². The zero-order chi connectivity index (χ0) is 13.5. The van der Waals surface area contributed by atoms with Crippen molar-refractivity contribution in [3.05, 3.63) is 42.5 Å². The van der Waals surface area contributed by atoms with Crippen LogP contribution >= 0.6 is 0 Å². The van der Waals surface area contributed by atoms with Gasteiger partial charge in [-0.05, 0) is 25.6 Å². The molecule has 0 N–H and O–H groups in total. The van der Waals surface area contributed by atoms with Gasteiger partial charge in [-0.3, -0.25) is 4.90 Å². The first-order chi connectivity index (χ1) is 9.81. The highest BCUT2D eigenvalue weighted by molar-refractivity contribution is 5.59. The van der Waals surface area contributed by atoms with Gasteiger partial charge >= 0.3 is 0 Å². The lowest BCUT2D eigenvalue weighted by Gasteiger charge is -2.32. The van der Waals surface area contributed by atoms with Crippen LogP contribution in [-0.2, 0) is 0 Å². The molecular weight excluding hydrogens is 248 g/mol. The first-order valence-corrected chi connectivity index (χ1v) is 7.17. The van der Waals surface area contributed by atoms with Crippen LogP contribution in [0, 0.1) is 0 Å². The molecule has 0 saturated carbocycles. The van der Waals surface area contributed by atoms with E-state index in [0.29, 0.717) is 12.1 Å². The third-order valence-corrected chi connectivity index (χ3v) is 4.53. The molecule has 0 unspecified atom stereocenters. The SMILES string of the molecule is CN1C[C@@H]2C[C@H]1CN2c1ccc(-c2ccccc2)nn1. The summed E-state index contributed by atoms with van der Waals surface area (Å²) in [5.74, 6) is 1.02. The molecule has 2 aliphatic rings. The van der Waals surface area contributed by atoms with Crippen LogP contribution in [-0.4, -0.2) is 47.3 Å². The molecule has 4 nitrogen and oxygen atoms in total. The van der Waals surface area contributed by atoms with Crippen molar-refractivity contribution < 1.29 is 0 Å². The number of fused-ring (bicyclic) bond motifs is 2. The Balaban J connectivity index is 1.57. The summed E-state index contributed by atoms with van der Waals surface area (Å²) in [4.78, 5) is 4.86. The molecule has 2 saturated heterocycles. The summed E-state index contributed by atoms with van der Waals surface area (Å²) in [5.41, 5.74) is 2.06. The number of aromatic nitrogens is 2. The Morgan fingerprint density at radius 2 is 1.80 bits per heavy atom. The third-order valence-electron chi connectivity index (χ3n) is 4.53. The molecule has 0 spiro atoms. The lowest BCUT2D eigenvalue weighted by Crippen LogP contribution is -2.44. The maximum absolute atomic E-state index is 4.44. The summed E-state index contributed by atoms with van der Waals surface area (Å²) in [5, 5.41) is 8.83. The first-order valence-electron chi connectivity index (χ1n) is 7.17. The Labute approximate surface area is 119 Å². The van der Waals surface area contributed by atoms with Crippen molar-refractivity contribution in [2.75, 3.05) is 25.0 Å². The van der Waals surface area contributed by atoms with Crippen molar-refractivity contribution in [1.29, 1.82) is 0 Å². The third kappa shape index (κ3) is 1.88. The summed E-state index contributed by atoms with van der Waals surface area (Å²) in [7, 11) is 2.21. The van der Waals surface area contributed by atoms with E-state index in [2.05, 4.69) is 51.3 Å². The monoisotopic (exact) mass is 266 g/mol. The number of rotatable bonds is 2. The highest BCUT2D eigenvalue weighted by Crippen LogP contribution is 2.32. The van der Waals surface area contributed by atoms with Crippen LogP contribution < -0.4 is 4.90 Å². The average Bonchev–Trinajstić information content (AvgIpc) is 3.07. The fourth-order valence-corrected chi connectivity index (χ4v) is 3.39. The van der Waals surface area contributed by atoms with Gasteiger partial charge in [0.05, 0.1) is 5.69 Å². The topological polar surface area (TPSA) is 32.3 Å². The van der Waals surface area contributed by atoms with Crippen molar-refractivity contribution in [3.8, 4) is 11.3 Å². The van der Waals surface area contributed by atoms with Crippen LogP contribution in [0.15, 0.2) is 42.5 Å². The van der Waals surface area contributed by atoms with Crippen LogP contribution in [0.1, 0.15) is 6.42 Å². The number of likely N-dealkylation sites (tertiary alicyclic amines) is 1. The van der Waals surface area contributed by atoms with Gasteiger partial charge in [0.1, 0.15) is 0 Å². The van der Waals surface area contributed by atoms with E-state index in [1.165, 1.54) is 6.42 Å². The second-order valence-electron chi connectivity index (χ2n) is 5.78. The first kappa shape index (κ1) is 11.9. The number of likely N-dealkylation sites (N-methyl/N-ethyl adjacent to an activating group) is 1. The summed E-state index contributed by atoms with van der Waals surface area (Å²) in [6.45, 7) is 2.23. The molecule has 0 aliphatic carbocycles. The van der Waals surface area contributed by atoms with Crippen LogP contribution in [0.3, 0.4) is 0 Å². The molecule has 2 aromatic rings. The van der Waals surface area contributed by atoms with Gasteiger partial charge in [0.15, 0.2) is 5.82 Å². The number of hydrogen-bond donors (Lipinski definition) is 0. The minimum Gasteiger partial charge on any atom is -0.349 e. The minimum absolute atomic E-state index is 0.613. The van der Waals surface area contributed by atoms with E-state index in [0.717, 1.165) is 30.2 Å². The van der Waals surface area contributed by atoms with Crippen LogP contribution in [0.25, 0.3) is 11.3 Å². The highest BCUT2D eigenvalue weighted by Gasteiger charge is 2.41. The van der Waals surface area contributed by atoms with Crippen molar-refractivity contribution in [2.45, 2.75) is 18.5 Å². The Hall–Kier alpha value is -1.94. The van der Waals surface area contributed by atoms with Gasteiger partial charge in [0.25, 0.3) is 0 Å². The zero-order valence-electron chi connectivity index (χ0n) is 11.6. The highest BCUT2D eigenvalue weighted by atomic mass is 15.4. The Morgan fingerprint density at radius 1 is 0.950 bits per heavy atom. The molecule has 1 aromatic heterocycles.